The van der Waals surface area contributed by atoms with Gasteiger partial charge in [0.25, 0.3) is 0 Å². The van der Waals surface area contributed by atoms with Crippen LogP contribution in [0, 0.1) is 17.3 Å². The maximum Gasteiger partial charge on any atom is 0.221 e. The second kappa shape index (κ2) is 5.74. The van der Waals surface area contributed by atoms with Gasteiger partial charge in [0, 0.05) is 11.4 Å². The fourth-order valence-corrected chi connectivity index (χ4v) is 6.20. The zero-order chi connectivity index (χ0) is 16.9. The molecule has 4 aliphatic rings. The summed E-state index contributed by atoms with van der Waals surface area (Å²) in [5, 5.41) is 14.7. The highest BCUT2D eigenvalue weighted by atomic mass is 35.5. The van der Waals surface area contributed by atoms with E-state index in [0.717, 1.165) is 37.7 Å². The molecule has 0 saturated heterocycles. The number of halogens is 1. The number of hydrogen-bond donors (Lipinski definition) is 2. The molecule has 5 rings (SSSR count). The highest BCUT2D eigenvalue weighted by Crippen LogP contribution is 2.62. The summed E-state index contributed by atoms with van der Waals surface area (Å²) in [6.07, 6.45) is 6.77. The van der Waals surface area contributed by atoms with Crippen molar-refractivity contribution in [1.82, 2.24) is 5.32 Å². The first-order valence-electron chi connectivity index (χ1n) is 9.12. The van der Waals surface area contributed by atoms with E-state index in [9.17, 15) is 9.90 Å². The quantitative estimate of drug-likeness (QED) is 0.855. The molecule has 3 unspecified atom stereocenters. The fourth-order valence-electron chi connectivity index (χ4n) is 6.08. The monoisotopic (exact) mass is 347 g/mol. The Bertz CT molecular complexity index is 628. The Balaban J connectivity index is 1.42. The topological polar surface area (TPSA) is 49.3 Å². The zero-order valence-corrected chi connectivity index (χ0v) is 15.0. The van der Waals surface area contributed by atoms with Crippen molar-refractivity contribution >= 4 is 17.5 Å². The van der Waals surface area contributed by atoms with Crippen LogP contribution >= 0.6 is 11.6 Å². The summed E-state index contributed by atoms with van der Waals surface area (Å²) in [6.45, 7) is 2.01. The summed E-state index contributed by atoms with van der Waals surface area (Å²) in [5.74, 6) is 1.36. The van der Waals surface area contributed by atoms with Crippen molar-refractivity contribution in [3.05, 3.63) is 34.9 Å². The minimum atomic E-state index is -0.494. The van der Waals surface area contributed by atoms with E-state index in [-0.39, 0.29) is 17.4 Å². The highest BCUT2D eigenvalue weighted by molar-refractivity contribution is 6.30. The van der Waals surface area contributed by atoms with Crippen molar-refractivity contribution in [1.29, 1.82) is 0 Å². The third-order valence-corrected chi connectivity index (χ3v) is 6.69. The van der Waals surface area contributed by atoms with E-state index in [1.165, 1.54) is 6.42 Å². The summed E-state index contributed by atoms with van der Waals surface area (Å²) < 4.78 is 0. The lowest BCUT2D eigenvalue weighted by Gasteiger charge is -2.60. The van der Waals surface area contributed by atoms with Crippen LogP contribution in [-0.4, -0.2) is 16.6 Å². The van der Waals surface area contributed by atoms with E-state index in [4.69, 9.17) is 11.6 Å². The van der Waals surface area contributed by atoms with Gasteiger partial charge in [-0.15, -0.1) is 0 Å². The number of carbonyl (C=O) groups is 1. The Morgan fingerprint density at radius 3 is 2.46 bits per heavy atom. The molecule has 0 heterocycles. The minimum absolute atomic E-state index is 0.0215. The SMILES string of the molecule is CC(NC(=O)CC12CC3CC(CC(O)(C3)C1)C2)c1ccc(Cl)cc1. The van der Waals surface area contributed by atoms with Crippen molar-refractivity contribution in [2.45, 2.75) is 63.5 Å². The van der Waals surface area contributed by atoms with E-state index < -0.39 is 5.60 Å². The molecule has 4 bridgehead atoms. The van der Waals surface area contributed by atoms with Gasteiger partial charge in [-0.05, 0) is 80.4 Å². The molecule has 0 aromatic heterocycles. The number of benzene rings is 1. The molecule has 4 heteroatoms. The fraction of sp³-hybridized carbons (Fsp3) is 0.650. The van der Waals surface area contributed by atoms with Crippen LogP contribution in [0.2, 0.25) is 5.02 Å². The van der Waals surface area contributed by atoms with Crippen LogP contribution < -0.4 is 5.32 Å². The molecule has 130 valence electrons. The Labute approximate surface area is 148 Å². The van der Waals surface area contributed by atoms with Gasteiger partial charge in [-0.25, -0.2) is 0 Å². The molecular weight excluding hydrogens is 322 g/mol. The van der Waals surface area contributed by atoms with Crippen LogP contribution in [-0.2, 0) is 4.79 Å². The average molecular weight is 348 g/mol. The smallest absolute Gasteiger partial charge is 0.221 e. The molecule has 0 radical (unpaired) electrons. The first-order valence-corrected chi connectivity index (χ1v) is 9.50. The Morgan fingerprint density at radius 2 is 1.88 bits per heavy atom. The first kappa shape index (κ1) is 16.4. The molecule has 3 nitrogen and oxygen atoms in total. The Kier molecular flexibility index (Phi) is 3.92. The van der Waals surface area contributed by atoms with Crippen LogP contribution in [0.25, 0.3) is 0 Å². The van der Waals surface area contributed by atoms with Crippen molar-refractivity contribution in [2.24, 2.45) is 17.3 Å². The molecule has 4 fully saturated rings. The zero-order valence-electron chi connectivity index (χ0n) is 14.2. The van der Waals surface area contributed by atoms with Gasteiger partial charge in [-0.3, -0.25) is 4.79 Å². The standard InChI is InChI=1S/C20H26ClNO2/c1-13(16-2-4-17(21)5-3-16)22-18(23)11-19-7-14-6-15(8-19)10-20(24,9-14)12-19/h2-5,13-15,24H,6-12H2,1H3,(H,22,23). The molecule has 24 heavy (non-hydrogen) atoms. The largest absolute Gasteiger partial charge is 0.390 e. The van der Waals surface area contributed by atoms with Gasteiger partial charge in [-0.1, -0.05) is 23.7 Å². The Hall–Kier alpha value is -1.06. The van der Waals surface area contributed by atoms with Gasteiger partial charge in [0.15, 0.2) is 0 Å². The molecule has 1 aromatic carbocycles. The lowest BCUT2D eigenvalue weighted by atomic mass is 9.47. The number of carbonyl (C=O) groups excluding carboxylic acids is 1. The lowest BCUT2D eigenvalue weighted by molar-refractivity contribution is -0.169. The summed E-state index contributed by atoms with van der Waals surface area (Å²) >= 11 is 5.93. The summed E-state index contributed by atoms with van der Waals surface area (Å²) in [5.41, 5.74) is 0.603. The number of rotatable bonds is 4. The van der Waals surface area contributed by atoms with Crippen molar-refractivity contribution in [3.63, 3.8) is 0 Å². The van der Waals surface area contributed by atoms with Crippen molar-refractivity contribution in [3.8, 4) is 0 Å². The summed E-state index contributed by atoms with van der Waals surface area (Å²) in [6, 6.07) is 7.61. The summed E-state index contributed by atoms with van der Waals surface area (Å²) in [4.78, 5) is 12.7. The lowest BCUT2D eigenvalue weighted by Crippen LogP contribution is -2.56. The van der Waals surface area contributed by atoms with Crippen molar-refractivity contribution < 1.29 is 9.90 Å². The van der Waals surface area contributed by atoms with Crippen molar-refractivity contribution in [2.75, 3.05) is 0 Å². The van der Waals surface area contributed by atoms with Gasteiger partial charge in [0.05, 0.1) is 11.6 Å². The van der Waals surface area contributed by atoms with Gasteiger partial charge >= 0.3 is 0 Å². The third-order valence-electron chi connectivity index (χ3n) is 6.43. The van der Waals surface area contributed by atoms with Gasteiger partial charge in [0.1, 0.15) is 0 Å². The minimum Gasteiger partial charge on any atom is -0.390 e. The van der Waals surface area contributed by atoms with Gasteiger partial charge in [-0.2, -0.15) is 0 Å². The van der Waals surface area contributed by atoms with Gasteiger partial charge < -0.3 is 10.4 Å². The van der Waals surface area contributed by atoms with E-state index >= 15 is 0 Å². The van der Waals surface area contributed by atoms with E-state index in [2.05, 4.69) is 5.32 Å². The maximum absolute atomic E-state index is 12.7. The van der Waals surface area contributed by atoms with Crippen LogP contribution in [0.4, 0.5) is 0 Å². The second-order valence-electron chi connectivity index (χ2n) is 8.70. The van der Waals surface area contributed by atoms with Crippen LogP contribution in [0.15, 0.2) is 24.3 Å². The molecule has 1 aromatic rings. The average Bonchev–Trinajstić information content (AvgIpc) is 2.44. The number of aliphatic hydroxyl groups is 1. The maximum atomic E-state index is 12.7. The van der Waals surface area contributed by atoms with Crippen LogP contribution in [0.1, 0.15) is 63.5 Å². The van der Waals surface area contributed by atoms with E-state index in [1.807, 2.05) is 31.2 Å². The second-order valence-corrected chi connectivity index (χ2v) is 9.14. The molecule has 4 saturated carbocycles. The van der Waals surface area contributed by atoms with Crippen LogP contribution in [0.3, 0.4) is 0 Å². The molecule has 0 spiro atoms. The highest BCUT2D eigenvalue weighted by Gasteiger charge is 2.57. The number of nitrogens with one attached hydrogen (secondary N) is 1. The molecule has 1 amide bonds. The number of amides is 1. The molecular formula is C20H26ClNO2. The van der Waals surface area contributed by atoms with E-state index in [0.29, 0.717) is 23.3 Å². The third kappa shape index (κ3) is 3.09. The van der Waals surface area contributed by atoms with E-state index in [1.54, 1.807) is 0 Å². The molecule has 2 N–H and O–H groups in total. The van der Waals surface area contributed by atoms with Crippen LogP contribution in [0.5, 0.6) is 0 Å². The predicted molar refractivity (Wildman–Crippen MR) is 94.7 cm³/mol. The summed E-state index contributed by atoms with van der Waals surface area (Å²) in [7, 11) is 0. The first-order chi connectivity index (χ1) is 11.3. The molecule has 3 atom stereocenters. The molecule has 4 aliphatic carbocycles. The number of hydrogen-bond acceptors (Lipinski definition) is 2. The molecule has 0 aliphatic heterocycles. The Morgan fingerprint density at radius 1 is 1.25 bits per heavy atom. The van der Waals surface area contributed by atoms with Gasteiger partial charge in [0.2, 0.25) is 5.91 Å². The normalized spacial score (nSPS) is 38.1. The predicted octanol–water partition coefficient (Wildman–Crippen LogP) is 4.24.